The largest absolute Gasteiger partial charge is 0.383 e. The quantitative estimate of drug-likeness (QED) is 0.666. The first-order valence-corrected chi connectivity index (χ1v) is 6.87. The van der Waals surface area contributed by atoms with Crippen molar-refractivity contribution in [2.45, 2.75) is 45.2 Å². The number of hydrogen-bond acceptors (Lipinski definition) is 3. The fraction of sp³-hybridized carbons (Fsp3) is 0.867. The second-order valence-corrected chi connectivity index (χ2v) is 6.32. The number of rotatable bonds is 8. The van der Waals surface area contributed by atoms with E-state index in [4.69, 9.17) is 11.2 Å². The Hall–Kier alpha value is -0.560. The van der Waals surface area contributed by atoms with E-state index in [1.807, 2.05) is 0 Å². The molecule has 1 aliphatic carbocycles. The third kappa shape index (κ3) is 6.39. The third-order valence-electron chi connectivity index (χ3n) is 3.23. The van der Waals surface area contributed by atoms with Crippen LogP contribution in [0.3, 0.4) is 0 Å². The molecule has 0 saturated heterocycles. The molecule has 0 bridgehead atoms. The normalized spacial score (nSPS) is 17.8. The predicted molar refractivity (Wildman–Crippen MR) is 76.5 cm³/mol. The van der Waals surface area contributed by atoms with E-state index < -0.39 is 0 Å². The van der Waals surface area contributed by atoms with Gasteiger partial charge in [-0.05, 0) is 39.5 Å². The molecule has 0 aliphatic heterocycles. The molecule has 1 N–H and O–H groups in total. The van der Waals surface area contributed by atoms with Crippen LogP contribution in [-0.4, -0.2) is 49.8 Å². The minimum atomic E-state index is 0.132. The molecule has 0 aromatic rings. The van der Waals surface area contributed by atoms with Gasteiger partial charge >= 0.3 is 0 Å². The second kappa shape index (κ2) is 7.13. The van der Waals surface area contributed by atoms with E-state index in [0.717, 1.165) is 32.2 Å². The van der Waals surface area contributed by atoms with Gasteiger partial charge in [0.05, 0.1) is 13.2 Å². The number of nitrogens with zero attached hydrogens (tertiary/aromatic N) is 1. The minimum absolute atomic E-state index is 0.132. The fourth-order valence-corrected chi connectivity index (χ4v) is 2.00. The highest BCUT2D eigenvalue weighted by atomic mass is 16.5. The average Bonchev–Trinajstić information content (AvgIpc) is 3.06. The molecule has 0 spiro atoms. The smallest absolute Gasteiger partial charge is 0.0630 e. The van der Waals surface area contributed by atoms with Crippen molar-refractivity contribution in [2.24, 2.45) is 5.92 Å². The van der Waals surface area contributed by atoms with Crippen molar-refractivity contribution < 1.29 is 4.74 Å². The number of hydrogen-bond donors (Lipinski definition) is 1. The molecule has 0 radical (unpaired) electrons. The van der Waals surface area contributed by atoms with Gasteiger partial charge in [-0.2, -0.15) is 0 Å². The zero-order valence-corrected chi connectivity index (χ0v) is 12.3. The summed E-state index contributed by atoms with van der Waals surface area (Å²) < 4.78 is 5.35. The third-order valence-corrected chi connectivity index (χ3v) is 3.23. The van der Waals surface area contributed by atoms with Gasteiger partial charge in [-0.15, -0.1) is 6.42 Å². The summed E-state index contributed by atoms with van der Waals surface area (Å²) in [7, 11) is 1.76. The average molecular weight is 252 g/mol. The summed E-state index contributed by atoms with van der Waals surface area (Å²) in [5.41, 5.74) is 0.132. The first-order chi connectivity index (χ1) is 8.46. The van der Waals surface area contributed by atoms with Crippen LogP contribution in [0.2, 0.25) is 0 Å². The van der Waals surface area contributed by atoms with E-state index in [-0.39, 0.29) is 5.54 Å². The zero-order valence-electron chi connectivity index (χ0n) is 12.3. The molecule has 1 atom stereocenters. The zero-order chi connectivity index (χ0) is 13.6. The highest BCUT2D eigenvalue weighted by Gasteiger charge is 2.28. The first kappa shape index (κ1) is 15.5. The van der Waals surface area contributed by atoms with Crippen molar-refractivity contribution in [3.63, 3.8) is 0 Å². The molecule has 3 nitrogen and oxygen atoms in total. The summed E-state index contributed by atoms with van der Waals surface area (Å²) in [6.45, 7) is 10.0. The number of ether oxygens (including phenoxy) is 1. The topological polar surface area (TPSA) is 24.5 Å². The van der Waals surface area contributed by atoms with Gasteiger partial charge in [0, 0.05) is 31.8 Å². The Kier molecular flexibility index (Phi) is 6.14. The summed E-state index contributed by atoms with van der Waals surface area (Å²) in [4.78, 5) is 2.39. The number of terminal acetylenes is 1. The first-order valence-electron chi connectivity index (χ1n) is 6.87. The summed E-state index contributed by atoms with van der Waals surface area (Å²) >= 11 is 0. The van der Waals surface area contributed by atoms with Crippen molar-refractivity contribution in [2.75, 3.05) is 33.4 Å². The standard InChI is InChI=1S/C15H28N2O/c1-6-9-17(11-13-7-8-13)14(12-18-5)10-16-15(2,3)4/h1,13-14,16H,7-12H2,2-5H3. The van der Waals surface area contributed by atoms with Gasteiger partial charge in [-0.25, -0.2) is 0 Å². The minimum Gasteiger partial charge on any atom is -0.383 e. The molecule has 3 heteroatoms. The maximum Gasteiger partial charge on any atom is 0.0630 e. The highest BCUT2D eigenvalue weighted by molar-refractivity contribution is 4.93. The van der Waals surface area contributed by atoms with Crippen LogP contribution in [-0.2, 0) is 4.74 Å². The molecule has 1 aliphatic rings. The van der Waals surface area contributed by atoms with Crippen LogP contribution in [0.15, 0.2) is 0 Å². The van der Waals surface area contributed by atoms with Gasteiger partial charge in [0.25, 0.3) is 0 Å². The molecule has 18 heavy (non-hydrogen) atoms. The van der Waals surface area contributed by atoms with Crippen LogP contribution in [0.5, 0.6) is 0 Å². The molecule has 0 amide bonds. The summed E-state index contributed by atoms with van der Waals surface area (Å²) in [5.74, 6) is 3.63. The molecular formula is C15H28N2O. The lowest BCUT2D eigenvalue weighted by molar-refractivity contribution is 0.0907. The van der Waals surface area contributed by atoms with Crippen LogP contribution in [0.25, 0.3) is 0 Å². The number of methoxy groups -OCH3 is 1. The maximum atomic E-state index is 5.49. The van der Waals surface area contributed by atoms with E-state index >= 15 is 0 Å². The Morgan fingerprint density at radius 3 is 2.56 bits per heavy atom. The molecule has 0 aromatic carbocycles. The lowest BCUT2D eigenvalue weighted by atomic mass is 10.1. The summed E-state index contributed by atoms with van der Waals surface area (Å²) in [5, 5.41) is 3.55. The molecule has 104 valence electrons. The van der Waals surface area contributed by atoms with Crippen molar-refractivity contribution >= 4 is 0 Å². The molecule has 1 unspecified atom stereocenters. The Balaban J connectivity index is 2.51. The van der Waals surface area contributed by atoms with E-state index in [1.54, 1.807) is 7.11 Å². The fourth-order valence-electron chi connectivity index (χ4n) is 2.00. The van der Waals surface area contributed by atoms with Gasteiger partial charge in [0.2, 0.25) is 0 Å². The molecule has 0 aromatic heterocycles. The van der Waals surface area contributed by atoms with Crippen LogP contribution >= 0.6 is 0 Å². The van der Waals surface area contributed by atoms with E-state index in [2.05, 4.69) is 36.9 Å². The monoisotopic (exact) mass is 252 g/mol. The molecule has 1 rings (SSSR count). The second-order valence-electron chi connectivity index (χ2n) is 6.32. The predicted octanol–water partition coefficient (Wildman–Crippen LogP) is 1.73. The Labute approximate surface area is 112 Å². The Bertz CT molecular complexity index is 273. The molecular weight excluding hydrogens is 224 g/mol. The van der Waals surface area contributed by atoms with Gasteiger partial charge in [0.1, 0.15) is 0 Å². The van der Waals surface area contributed by atoms with Crippen molar-refractivity contribution in [1.82, 2.24) is 10.2 Å². The van der Waals surface area contributed by atoms with Gasteiger partial charge in [0.15, 0.2) is 0 Å². The lowest BCUT2D eigenvalue weighted by Crippen LogP contribution is -2.50. The van der Waals surface area contributed by atoms with E-state index in [9.17, 15) is 0 Å². The Morgan fingerprint density at radius 1 is 1.44 bits per heavy atom. The van der Waals surface area contributed by atoms with Crippen molar-refractivity contribution in [3.05, 3.63) is 0 Å². The summed E-state index contributed by atoms with van der Waals surface area (Å²) in [6.07, 6.45) is 8.20. The van der Waals surface area contributed by atoms with Gasteiger partial charge in [-0.3, -0.25) is 4.90 Å². The van der Waals surface area contributed by atoms with Crippen LogP contribution < -0.4 is 5.32 Å². The molecule has 0 heterocycles. The molecule has 1 saturated carbocycles. The Morgan fingerprint density at radius 2 is 2.11 bits per heavy atom. The van der Waals surface area contributed by atoms with E-state index in [1.165, 1.54) is 12.8 Å². The summed E-state index contributed by atoms with van der Waals surface area (Å²) in [6, 6.07) is 0.367. The van der Waals surface area contributed by atoms with Crippen LogP contribution in [0.4, 0.5) is 0 Å². The van der Waals surface area contributed by atoms with Gasteiger partial charge in [-0.1, -0.05) is 5.92 Å². The van der Waals surface area contributed by atoms with Crippen LogP contribution in [0.1, 0.15) is 33.6 Å². The highest BCUT2D eigenvalue weighted by Crippen LogP contribution is 2.30. The van der Waals surface area contributed by atoms with Crippen LogP contribution in [0, 0.1) is 18.3 Å². The number of nitrogens with one attached hydrogen (secondary N) is 1. The van der Waals surface area contributed by atoms with Crippen molar-refractivity contribution in [1.29, 1.82) is 0 Å². The lowest BCUT2D eigenvalue weighted by Gasteiger charge is -2.32. The van der Waals surface area contributed by atoms with E-state index in [0.29, 0.717) is 6.04 Å². The van der Waals surface area contributed by atoms with Crippen molar-refractivity contribution in [3.8, 4) is 12.3 Å². The van der Waals surface area contributed by atoms with Gasteiger partial charge < -0.3 is 10.1 Å². The molecule has 1 fully saturated rings. The SMILES string of the molecule is C#CCN(CC1CC1)C(CNC(C)(C)C)COC. The maximum absolute atomic E-state index is 5.49.